The summed E-state index contributed by atoms with van der Waals surface area (Å²) >= 11 is 0. The molecule has 0 aromatic carbocycles. The third kappa shape index (κ3) is 4.13. The second kappa shape index (κ2) is 6.32. The number of pyridine rings is 1. The summed E-state index contributed by atoms with van der Waals surface area (Å²) in [6.45, 7) is 2.33. The smallest absolute Gasteiger partial charge is 0.255 e. The lowest BCUT2D eigenvalue weighted by atomic mass is 10.2. The topological polar surface area (TPSA) is 62.7 Å². The number of aliphatic hydroxyl groups excluding tert-OH is 1. The molecule has 0 aliphatic rings. The van der Waals surface area contributed by atoms with Gasteiger partial charge in [0.15, 0.2) is 0 Å². The van der Waals surface area contributed by atoms with Crippen molar-refractivity contribution in [3.63, 3.8) is 0 Å². The van der Waals surface area contributed by atoms with Crippen LogP contribution < -0.4 is 0 Å². The lowest BCUT2D eigenvalue weighted by Crippen LogP contribution is -2.36. The van der Waals surface area contributed by atoms with E-state index in [-0.39, 0.29) is 19.1 Å². The standard InChI is InChI=1S/C12H18N2O3/c1-9-4-10(6-13-5-9)12(16)14(2)7-11(15)8-17-3/h4-6,11,15H,7-8H2,1-3H3. The minimum atomic E-state index is -0.674. The molecule has 0 aliphatic heterocycles. The highest BCUT2D eigenvalue weighted by Crippen LogP contribution is 2.05. The molecule has 0 fully saturated rings. The van der Waals surface area contributed by atoms with Crippen molar-refractivity contribution in [2.75, 3.05) is 27.3 Å². The molecule has 0 radical (unpaired) electrons. The molecule has 0 bridgehead atoms. The van der Waals surface area contributed by atoms with Gasteiger partial charge in [-0.15, -0.1) is 0 Å². The number of carbonyl (C=O) groups is 1. The zero-order valence-electron chi connectivity index (χ0n) is 10.4. The van der Waals surface area contributed by atoms with E-state index in [0.29, 0.717) is 5.56 Å². The lowest BCUT2D eigenvalue weighted by Gasteiger charge is -2.20. The van der Waals surface area contributed by atoms with Crippen LogP contribution in [0.25, 0.3) is 0 Å². The zero-order valence-corrected chi connectivity index (χ0v) is 10.4. The molecule has 5 nitrogen and oxygen atoms in total. The SMILES string of the molecule is COCC(O)CN(C)C(=O)c1cncc(C)c1. The quantitative estimate of drug-likeness (QED) is 0.810. The van der Waals surface area contributed by atoms with Gasteiger partial charge in [0, 0.05) is 33.1 Å². The van der Waals surface area contributed by atoms with Gasteiger partial charge >= 0.3 is 0 Å². The first-order valence-corrected chi connectivity index (χ1v) is 5.38. The Balaban J connectivity index is 2.63. The van der Waals surface area contributed by atoms with Crippen LogP contribution in [0.2, 0.25) is 0 Å². The highest BCUT2D eigenvalue weighted by molar-refractivity contribution is 5.93. The normalized spacial score (nSPS) is 12.2. The van der Waals surface area contributed by atoms with E-state index in [1.54, 1.807) is 19.3 Å². The van der Waals surface area contributed by atoms with Gasteiger partial charge in [-0.25, -0.2) is 0 Å². The van der Waals surface area contributed by atoms with E-state index < -0.39 is 6.10 Å². The summed E-state index contributed by atoms with van der Waals surface area (Å²) in [5.41, 5.74) is 1.46. The monoisotopic (exact) mass is 238 g/mol. The fraction of sp³-hybridized carbons (Fsp3) is 0.500. The highest BCUT2D eigenvalue weighted by atomic mass is 16.5. The van der Waals surface area contributed by atoms with Crippen molar-refractivity contribution in [1.82, 2.24) is 9.88 Å². The van der Waals surface area contributed by atoms with Crippen molar-refractivity contribution in [1.29, 1.82) is 0 Å². The molecule has 1 amide bonds. The van der Waals surface area contributed by atoms with E-state index >= 15 is 0 Å². The summed E-state index contributed by atoms with van der Waals surface area (Å²) in [6, 6.07) is 1.77. The average molecular weight is 238 g/mol. The molecular weight excluding hydrogens is 220 g/mol. The molecule has 1 N–H and O–H groups in total. The van der Waals surface area contributed by atoms with Gasteiger partial charge in [-0.3, -0.25) is 9.78 Å². The molecule has 1 rings (SSSR count). The Kier molecular flexibility index (Phi) is 5.06. The van der Waals surface area contributed by atoms with Crippen LogP contribution in [-0.4, -0.2) is 54.3 Å². The molecule has 0 spiro atoms. The summed E-state index contributed by atoms with van der Waals surface area (Å²) in [4.78, 5) is 17.4. The number of hydrogen-bond acceptors (Lipinski definition) is 4. The Morgan fingerprint density at radius 3 is 2.88 bits per heavy atom. The second-order valence-corrected chi connectivity index (χ2v) is 4.05. The Labute approximate surface area is 101 Å². The van der Waals surface area contributed by atoms with Crippen LogP contribution in [0.1, 0.15) is 15.9 Å². The van der Waals surface area contributed by atoms with Gasteiger partial charge in [0.2, 0.25) is 0 Å². The number of methoxy groups -OCH3 is 1. The van der Waals surface area contributed by atoms with E-state index in [9.17, 15) is 9.90 Å². The van der Waals surface area contributed by atoms with Gasteiger partial charge < -0.3 is 14.7 Å². The number of ether oxygens (including phenoxy) is 1. The lowest BCUT2D eigenvalue weighted by molar-refractivity contribution is 0.0380. The van der Waals surface area contributed by atoms with Crippen LogP contribution in [-0.2, 0) is 4.74 Å². The Hall–Kier alpha value is -1.46. The number of likely N-dealkylation sites (N-methyl/N-ethyl adjacent to an activating group) is 1. The number of carbonyl (C=O) groups excluding carboxylic acids is 1. The number of aryl methyl sites for hydroxylation is 1. The summed E-state index contributed by atoms with van der Waals surface area (Å²) in [5.74, 6) is -0.156. The number of hydrogen-bond donors (Lipinski definition) is 1. The number of rotatable bonds is 5. The summed E-state index contributed by atoms with van der Waals surface area (Å²) < 4.78 is 4.81. The third-order valence-electron chi connectivity index (χ3n) is 2.31. The van der Waals surface area contributed by atoms with E-state index in [4.69, 9.17) is 4.74 Å². The van der Waals surface area contributed by atoms with Crippen molar-refractivity contribution >= 4 is 5.91 Å². The molecule has 0 saturated carbocycles. The maximum absolute atomic E-state index is 12.0. The first-order valence-electron chi connectivity index (χ1n) is 5.38. The number of aromatic nitrogens is 1. The van der Waals surface area contributed by atoms with E-state index in [1.165, 1.54) is 18.2 Å². The molecule has 0 aliphatic carbocycles. The van der Waals surface area contributed by atoms with Crippen LogP contribution >= 0.6 is 0 Å². The van der Waals surface area contributed by atoms with Crippen molar-refractivity contribution < 1.29 is 14.6 Å². The van der Waals surface area contributed by atoms with Crippen LogP contribution in [0, 0.1) is 6.92 Å². The molecule has 1 unspecified atom stereocenters. The van der Waals surface area contributed by atoms with Gasteiger partial charge in [-0.1, -0.05) is 0 Å². The Bertz CT molecular complexity index is 382. The van der Waals surface area contributed by atoms with Gasteiger partial charge in [0.1, 0.15) is 0 Å². The molecule has 1 aromatic rings. The highest BCUT2D eigenvalue weighted by Gasteiger charge is 2.15. The molecule has 17 heavy (non-hydrogen) atoms. The van der Waals surface area contributed by atoms with Crippen LogP contribution in [0.15, 0.2) is 18.5 Å². The number of aliphatic hydroxyl groups is 1. The first kappa shape index (κ1) is 13.6. The van der Waals surface area contributed by atoms with Gasteiger partial charge in [0.25, 0.3) is 5.91 Å². The summed E-state index contributed by atoms with van der Waals surface area (Å²) in [7, 11) is 3.15. The van der Waals surface area contributed by atoms with Gasteiger partial charge in [0.05, 0.1) is 18.3 Å². The fourth-order valence-corrected chi connectivity index (χ4v) is 1.54. The fourth-order valence-electron chi connectivity index (χ4n) is 1.54. The molecule has 5 heteroatoms. The van der Waals surface area contributed by atoms with Crippen molar-refractivity contribution in [3.05, 3.63) is 29.6 Å². The van der Waals surface area contributed by atoms with E-state index in [0.717, 1.165) is 5.56 Å². The van der Waals surface area contributed by atoms with E-state index in [1.807, 2.05) is 6.92 Å². The minimum Gasteiger partial charge on any atom is -0.389 e. The van der Waals surface area contributed by atoms with E-state index in [2.05, 4.69) is 4.98 Å². The van der Waals surface area contributed by atoms with Crippen LogP contribution in [0.5, 0.6) is 0 Å². The number of nitrogens with zero attached hydrogens (tertiary/aromatic N) is 2. The molecule has 1 aromatic heterocycles. The molecule has 0 saturated heterocycles. The Morgan fingerprint density at radius 2 is 2.29 bits per heavy atom. The van der Waals surface area contributed by atoms with Crippen molar-refractivity contribution in [2.45, 2.75) is 13.0 Å². The van der Waals surface area contributed by atoms with Gasteiger partial charge in [-0.05, 0) is 18.6 Å². The van der Waals surface area contributed by atoms with Crippen LogP contribution in [0.4, 0.5) is 0 Å². The minimum absolute atomic E-state index is 0.156. The summed E-state index contributed by atoms with van der Waals surface area (Å²) in [6.07, 6.45) is 2.54. The third-order valence-corrected chi connectivity index (χ3v) is 2.31. The zero-order chi connectivity index (χ0) is 12.8. The molecule has 94 valence electrons. The maximum atomic E-state index is 12.0. The van der Waals surface area contributed by atoms with Gasteiger partial charge in [-0.2, -0.15) is 0 Å². The average Bonchev–Trinajstić information content (AvgIpc) is 2.28. The largest absolute Gasteiger partial charge is 0.389 e. The van der Waals surface area contributed by atoms with Crippen LogP contribution in [0.3, 0.4) is 0 Å². The van der Waals surface area contributed by atoms with Crippen molar-refractivity contribution in [3.8, 4) is 0 Å². The number of amides is 1. The summed E-state index contributed by atoms with van der Waals surface area (Å²) in [5, 5.41) is 9.54. The molecular formula is C12H18N2O3. The molecule has 1 heterocycles. The predicted octanol–water partition coefficient (Wildman–Crippen LogP) is 0.469. The first-order chi connectivity index (χ1) is 8.04. The van der Waals surface area contributed by atoms with Crippen molar-refractivity contribution in [2.24, 2.45) is 0 Å². The Morgan fingerprint density at radius 1 is 1.59 bits per heavy atom. The predicted molar refractivity (Wildman–Crippen MR) is 63.8 cm³/mol. The molecule has 1 atom stereocenters. The second-order valence-electron chi connectivity index (χ2n) is 4.05. The maximum Gasteiger partial charge on any atom is 0.255 e.